The highest BCUT2D eigenvalue weighted by molar-refractivity contribution is 6.02. The van der Waals surface area contributed by atoms with Crippen molar-refractivity contribution in [2.24, 2.45) is 5.92 Å². The number of carbonyl (C=O) groups is 1. The molecule has 0 radical (unpaired) electrons. The van der Waals surface area contributed by atoms with Gasteiger partial charge in [0.15, 0.2) is 0 Å². The van der Waals surface area contributed by atoms with Crippen LogP contribution in [0, 0.1) is 5.92 Å². The summed E-state index contributed by atoms with van der Waals surface area (Å²) in [5.41, 5.74) is 1.53. The van der Waals surface area contributed by atoms with Gasteiger partial charge in [-0.05, 0) is 30.9 Å². The molecule has 1 atom stereocenters. The lowest BCUT2D eigenvalue weighted by atomic mass is 10.1. The van der Waals surface area contributed by atoms with E-state index in [1.165, 1.54) is 0 Å². The Morgan fingerprint density at radius 2 is 2.09 bits per heavy atom. The van der Waals surface area contributed by atoms with Gasteiger partial charge >= 0.3 is 0 Å². The highest BCUT2D eigenvalue weighted by Gasteiger charge is 2.22. The van der Waals surface area contributed by atoms with Gasteiger partial charge < -0.3 is 15.3 Å². The fourth-order valence-electron chi connectivity index (χ4n) is 2.87. The molecule has 1 unspecified atom stereocenters. The van der Waals surface area contributed by atoms with Crippen LogP contribution in [0.4, 0.5) is 5.82 Å². The zero-order valence-electron chi connectivity index (χ0n) is 13.5. The molecule has 1 amide bonds. The Morgan fingerprint density at radius 3 is 2.83 bits per heavy atom. The molecule has 2 heterocycles. The fraction of sp³-hybridized carbons (Fsp3) is 0.444. The van der Waals surface area contributed by atoms with E-state index < -0.39 is 0 Å². The van der Waals surface area contributed by atoms with E-state index in [2.05, 4.69) is 10.2 Å². The van der Waals surface area contributed by atoms with Crippen molar-refractivity contribution >= 4 is 22.6 Å². The van der Waals surface area contributed by atoms with Crippen LogP contribution in [0.15, 0.2) is 30.3 Å². The smallest absolute Gasteiger partial charge is 0.255 e. The van der Waals surface area contributed by atoms with E-state index in [0.717, 1.165) is 42.7 Å². The second-order valence-electron chi connectivity index (χ2n) is 6.24. The molecule has 1 aliphatic rings. The first kappa shape index (κ1) is 15.7. The van der Waals surface area contributed by atoms with Crippen molar-refractivity contribution in [1.29, 1.82) is 0 Å². The minimum Gasteiger partial charge on any atom is -0.396 e. The lowest BCUT2D eigenvalue weighted by Crippen LogP contribution is -2.32. The van der Waals surface area contributed by atoms with E-state index in [1.807, 2.05) is 37.3 Å². The average Bonchev–Trinajstić information content (AvgIpc) is 3.12. The largest absolute Gasteiger partial charge is 0.396 e. The lowest BCUT2D eigenvalue weighted by Gasteiger charge is -2.21. The van der Waals surface area contributed by atoms with Gasteiger partial charge in [0.05, 0.1) is 11.1 Å². The number of pyridine rings is 1. The van der Waals surface area contributed by atoms with Gasteiger partial charge in [0.1, 0.15) is 5.82 Å². The normalized spacial score (nSPS) is 15.8. The van der Waals surface area contributed by atoms with Gasteiger partial charge in [0.2, 0.25) is 0 Å². The molecule has 0 saturated carbocycles. The van der Waals surface area contributed by atoms with Crippen molar-refractivity contribution in [3.8, 4) is 0 Å². The van der Waals surface area contributed by atoms with Crippen LogP contribution in [-0.2, 0) is 0 Å². The van der Waals surface area contributed by atoms with Crippen molar-refractivity contribution in [2.75, 3.05) is 31.1 Å². The molecule has 23 heavy (non-hydrogen) atoms. The summed E-state index contributed by atoms with van der Waals surface area (Å²) in [5.74, 6) is 0.698. The summed E-state index contributed by atoms with van der Waals surface area (Å²) in [7, 11) is 0. The highest BCUT2D eigenvalue weighted by Crippen LogP contribution is 2.26. The molecule has 1 aromatic carbocycles. The minimum atomic E-state index is -0.120. The van der Waals surface area contributed by atoms with Crippen LogP contribution >= 0.6 is 0 Å². The van der Waals surface area contributed by atoms with Gasteiger partial charge in [-0.1, -0.05) is 25.1 Å². The van der Waals surface area contributed by atoms with E-state index >= 15 is 0 Å². The molecule has 1 saturated heterocycles. The minimum absolute atomic E-state index is 0.0441. The Hall–Kier alpha value is -2.14. The zero-order chi connectivity index (χ0) is 16.2. The van der Waals surface area contributed by atoms with E-state index in [4.69, 9.17) is 10.1 Å². The van der Waals surface area contributed by atoms with Crippen LogP contribution in [0.2, 0.25) is 0 Å². The van der Waals surface area contributed by atoms with Gasteiger partial charge in [0, 0.05) is 31.6 Å². The second kappa shape index (κ2) is 6.96. The predicted molar refractivity (Wildman–Crippen MR) is 91.8 cm³/mol. The standard InChI is InChI=1S/C18H23N3O2/c1-13(12-22)11-19-18(23)15-10-14-6-2-3-7-16(14)20-17(15)21-8-4-5-9-21/h2-3,6-7,10,13,22H,4-5,8-9,11-12H2,1H3,(H,19,23). The van der Waals surface area contributed by atoms with Gasteiger partial charge in [-0.15, -0.1) is 0 Å². The SMILES string of the molecule is CC(CO)CNC(=O)c1cc2ccccc2nc1N1CCCC1. The Morgan fingerprint density at radius 1 is 1.35 bits per heavy atom. The number of aromatic nitrogens is 1. The summed E-state index contributed by atoms with van der Waals surface area (Å²) in [6.45, 7) is 4.31. The quantitative estimate of drug-likeness (QED) is 0.888. The summed E-state index contributed by atoms with van der Waals surface area (Å²) in [4.78, 5) is 19.6. The number of fused-ring (bicyclic) bond motifs is 1. The van der Waals surface area contributed by atoms with Crippen molar-refractivity contribution in [3.63, 3.8) is 0 Å². The summed E-state index contributed by atoms with van der Waals surface area (Å²) >= 11 is 0. The van der Waals surface area contributed by atoms with E-state index in [-0.39, 0.29) is 18.4 Å². The Bertz CT molecular complexity index is 696. The average molecular weight is 313 g/mol. The molecule has 1 aliphatic heterocycles. The van der Waals surface area contributed by atoms with Crippen LogP contribution in [0.25, 0.3) is 10.9 Å². The maximum absolute atomic E-state index is 12.6. The van der Waals surface area contributed by atoms with Crippen LogP contribution in [0.3, 0.4) is 0 Å². The van der Waals surface area contributed by atoms with Gasteiger partial charge in [-0.2, -0.15) is 0 Å². The summed E-state index contributed by atoms with van der Waals surface area (Å²) in [6, 6.07) is 9.80. The molecule has 5 heteroatoms. The Labute approximate surface area is 136 Å². The first-order chi connectivity index (χ1) is 11.2. The first-order valence-corrected chi connectivity index (χ1v) is 8.23. The number of para-hydroxylation sites is 1. The first-order valence-electron chi connectivity index (χ1n) is 8.23. The van der Waals surface area contributed by atoms with Gasteiger partial charge in [0.25, 0.3) is 5.91 Å². The third kappa shape index (κ3) is 3.45. The molecular formula is C18H23N3O2. The molecule has 2 N–H and O–H groups in total. The number of aliphatic hydroxyl groups is 1. The van der Waals surface area contributed by atoms with Crippen molar-refractivity contribution in [2.45, 2.75) is 19.8 Å². The van der Waals surface area contributed by atoms with Crippen LogP contribution < -0.4 is 10.2 Å². The fourth-order valence-corrected chi connectivity index (χ4v) is 2.87. The number of hydrogen-bond donors (Lipinski definition) is 2. The van der Waals surface area contributed by atoms with Crippen molar-refractivity contribution < 1.29 is 9.90 Å². The number of carbonyl (C=O) groups excluding carboxylic acids is 1. The number of nitrogens with zero attached hydrogens (tertiary/aromatic N) is 2. The monoisotopic (exact) mass is 313 g/mol. The predicted octanol–water partition coefficient (Wildman–Crippen LogP) is 2.19. The zero-order valence-corrected chi connectivity index (χ0v) is 13.5. The Kier molecular flexibility index (Phi) is 4.76. The molecule has 0 bridgehead atoms. The van der Waals surface area contributed by atoms with E-state index in [9.17, 15) is 4.79 Å². The molecule has 0 spiro atoms. The third-order valence-electron chi connectivity index (χ3n) is 4.28. The van der Waals surface area contributed by atoms with Gasteiger partial charge in [-0.25, -0.2) is 4.98 Å². The van der Waals surface area contributed by atoms with Crippen LogP contribution in [0.1, 0.15) is 30.1 Å². The molecule has 0 aliphatic carbocycles. The molecule has 2 aromatic rings. The summed E-state index contributed by atoms with van der Waals surface area (Å²) in [5, 5.41) is 13.0. The number of hydrogen-bond acceptors (Lipinski definition) is 4. The molecular weight excluding hydrogens is 290 g/mol. The number of aliphatic hydroxyl groups excluding tert-OH is 1. The Balaban J connectivity index is 1.95. The van der Waals surface area contributed by atoms with E-state index in [0.29, 0.717) is 12.1 Å². The number of anilines is 1. The number of rotatable bonds is 5. The summed E-state index contributed by atoms with van der Waals surface area (Å²) in [6.07, 6.45) is 2.27. The number of benzene rings is 1. The molecule has 122 valence electrons. The van der Waals surface area contributed by atoms with Gasteiger partial charge in [-0.3, -0.25) is 4.79 Å². The van der Waals surface area contributed by atoms with Crippen LogP contribution in [-0.4, -0.2) is 42.2 Å². The third-order valence-corrected chi connectivity index (χ3v) is 4.28. The van der Waals surface area contributed by atoms with Crippen molar-refractivity contribution in [1.82, 2.24) is 10.3 Å². The maximum atomic E-state index is 12.6. The summed E-state index contributed by atoms with van der Waals surface area (Å²) < 4.78 is 0. The molecule has 1 fully saturated rings. The topological polar surface area (TPSA) is 65.5 Å². The lowest BCUT2D eigenvalue weighted by molar-refractivity contribution is 0.0942. The number of nitrogens with one attached hydrogen (secondary N) is 1. The molecule has 3 rings (SSSR count). The van der Waals surface area contributed by atoms with Crippen LogP contribution in [0.5, 0.6) is 0 Å². The maximum Gasteiger partial charge on any atom is 0.255 e. The molecule has 5 nitrogen and oxygen atoms in total. The van der Waals surface area contributed by atoms with Crippen molar-refractivity contribution in [3.05, 3.63) is 35.9 Å². The molecule has 1 aromatic heterocycles. The highest BCUT2D eigenvalue weighted by atomic mass is 16.3. The van der Waals surface area contributed by atoms with E-state index in [1.54, 1.807) is 0 Å². The number of amides is 1. The second-order valence-corrected chi connectivity index (χ2v) is 6.24.